The molecule has 1 aliphatic heterocycles. The van der Waals surface area contributed by atoms with Gasteiger partial charge in [0.1, 0.15) is 0 Å². The topological polar surface area (TPSA) is 54.9 Å². The van der Waals surface area contributed by atoms with Crippen molar-refractivity contribution in [1.29, 1.82) is 0 Å². The summed E-state index contributed by atoms with van der Waals surface area (Å²) in [6.07, 6.45) is 6.03. The first-order valence-electron chi connectivity index (χ1n) is 9.03. The van der Waals surface area contributed by atoms with Crippen LogP contribution in [0.1, 0.15) is 46.0 Å². The average molecular weight is 311 g/mol. The van der Waals surface area contributed by atoms with Gasteiger partial charge in [-0.3, -0.25) is 4.99 Å². The van der Waals surface area contributed by atoms with Crippen molar-refractivity contribution in [3.05, 3.63) is 0 Å². The fourth-order valence-corrected chi connectivity index (χ4v) is 2.93. The molecule has 3 unspecified atom stereocenters. The summed E-state index contributed by atoms with van der Waals surface area (Å²) >= 11 is 0. The van der Waals surface area contributed by atoms with E-state index in [1.807, 2.05) is 0 Å². The van der Waals surface area contributed by atoms with Crippen molar-refractivity contribution in [3.8, 4) is 0 Å². The van der Waals surface area contributed by atoms with Crippen molar-refractivity contribution in [3.63, 3.8) is 0 Å². The fraction of sp³-hybridized carbons (Fsp3) is 0.941. The predicted octanol–water partition coefficient (Wildman–Crippen LogP) is 2.17. The van der Waals surface area contributed by atoms with Crippen LogP contribution in [-0.4, -0.2) is 51.5 Å². The van der Waals surface area contributed by atoms with Crippen molar-refractivity contribution in [2.24, 2.45) is 16.8 Å². The SMILES string of the molecule is CCCC1CC1NC(=NCCCOCC1CCOC1)NCC. The summed E-state index contributed by atoms with van der Waals surface area (Å²) in [6, 6.07) is 0.636. The summed E-state index contributed by atoms with van der Waals surface area (Å²) in [4.78, 5) is 4.65. The van der Waals surface area contributed by atoms with Crippen LogP contribution >= 0.6 is 0 Å². The Bertz CT molecular complexity index is 330. The molecule has 2 aliphatic rings. The summed E-state index contributed by atoms with van der Waals surface area (Å²) in [5.41, 5.74) is 0. The molecule has 5 heteroatoms. The molecule has 2 rings (SSSR count). The molecule has 0 aromatic heterocycles. The van der Waals surface area contributed by atoms with Crippen LogP contribution in [0.5, 0.6) is 0 Å². The zero-order valence-corrected chi connectivity index (χ0v) is 14.3. The van der Waals surface area contributed by atoms with Gasteiger partial charge in [-0.15, -0.1) is 0 Å². The maximum atomic E-state index is 5.71. The number of rotatable bonds is 10. The number of ether oxygens (including phenoxy) is 2. The van der Waals surface area contributed by atoms with Crippen LogP contribution in [0, 0.1) is 11.8 Å². The smallest absolute Gasteiger partial charge is 0.191 e. The molecule has 0 aromatic carbocycles. The van der Waals surface area contributed by atoms with Gasteiger partial charge < -0.3 is 20.1 Å². The highest BCUT2D eigenvalue weighted by Crippen LogP contribution is 2.34. The largest absolute Gasteiger partial charge is 0.381 e. The lowest BCUT2D eigenvalue weighted by Crippen LogP contribution is -2.39. The van der Waals surface area contributed by atoms with E-state index in [0.717, 1.165) is 64.2 Å². The maximum Gasteiger partial charge on any atom is 0.191 e. The number of nitrogens with zero attached hydrogens (tertiary/aromatic N) is 1. The van der Waals surface area contributed by atoms with Gasteiger partial charge in [-0.05, 0) is 38.5 Å². The third-order valence-corrected chi connectivity index (χ3v) is 4.34. The van der Waals surface area contributed by atoms with Gasteiger partial charge in [-0.2, -0.15) is 0 Å². The minimum atomic E-state index is 0.604. The Labute approximate surface area is 135 Å². The Morgan fingerprint density at radius 2 is 2.27 bits per heavy atom. The average Bonchev–Trinajstić information content (AvgIpc) is 3.02. The van der Waals surface area contributed by atoms with Gasteiger partial charge in [0, 0.05) is 38.3 Å². The molecule has 2 N–H and O–H groups in total. The van der Waals surface area contributed by atoms with E-state index in [4.69, 9.17) is 9.47 Å². The molecular weight excluding hydrogens is 278 g/mol. The summed E-state index contributed by atoms with van der Waals surface area (Å²) < 4.78 is 11.1. The van der Waals surface area contributed by atoms with Crippen molar-refractivity contribution >= 4 is 5.96 Å². The number of hydrogen-bond donors (Lipinski definition) is 2. The number of nitrogens with one attached hydrogen (secondary N) is 2. The molecule has 5 nitrogen and oxygen atoms in total. The lowest BCUT2D eigenvalue weighted by atomic mass is 10.1. The normalized spacial score (nSPS) is 27.9. The summed E-state index contributed by atoms with van der Waals surface area (Å²) in [5, 5.41) is 6.88. The molecule has 3 atom stereocenters. The second-order valence-corrected chi connectivity index (χ2v) is 6.45. The minimum absolute atomic E-state index is 0.604. The van der Waals surface area contributed by atoms with Crippen LogP contribution in [-0.2, 0) is 9.47 Å². The quantitative estimate of drug-likeness (QED) is 0.369. The van der Waals surface area contributed by atoms with Gasteiger partial charge in [0.05, 0.1) is 13.2 Å². The molecular formula is C17H33N3O2. The molecule has 22 heavy (non-hydrogen) atoms. The monoisotopic (exact) mass is 311 g/mol. The van der Waals surface area contributed by atoms with Gasteiger partial charge >= 0.3 is 0 Å². The van der Waals surface area contributed by atoms with Crippen molar-refractivity contribution < 1.29 is 9.47 Å². The lowest BCUT2D eigenvalue weighted by Gasteiger charge is -2.11. The van der Waals surface area contributed by atoms with Crippen LogP contribution in [0.3, 0.4) is 0 Å². The van der Waals surface area contributed by atoms with E-state index >= 15 is 0 Å². The van der Waals surface area contributed by atoms with Crippen LogP contribution in [0.2, 0.25) is 0 Å². The zero-order valence-electron chi connectivity index (χ0n) is 14.3. The molecule has 0 amide bonds. The Hall–Kier alpha value is -0.810. The van der Waals surface area contributed by atoms with E-state index < -0.39 is 0 Å². The highest BCUT2D eigenvalue weighted by Gasteiger charge is 2.36. The molecule has 0 aromatic rings. The first kappa shape index (κ1) is 17.5. The second kappa shape index (κ2) is 10.1. The van der Waals surface area contributed by atoms with E-state index in [9.17, 15) is 0 Å². The lowest BCUT2D eigenvalue weighted by molar-refractivity contribution is 0.0893. The molecule has 1 saturated heterocycles. The highest BCUT2D eigenvalue weighted by atomic mass is 16.5. The van der Waals surface area contributed by atoms with Crippen LogP contribution < -0.4 is 10.6 Å². The minimum Gasteiger partial charge on any atom is -0.381 e. The molecule has 2 fully saturated rings. The van der Waals surface area contributed by atoms with E-state index in [1.165, 1.54) is 19.3 Å². The van der Waals surface area contributed by atoms with Gasteiger partial charge in [0.2, 0.25) is 0 Å². The van der Waals surface area contributed by atoms with Gasteiger partial charge in [0.25, 0.3) is 0 Å². The third-order valence-electron chi connectivity index (χ3n) is 4.34. The van der Waals surface area contributed by atoms with Gasteiger partial charge in [-0.1, -0.05) is 13.3 Å². The first-order chi connectivity index (χ1) is 10.8. The van der Waals surface area contributed by atoms with Gasteiger partial charge in [-0.25, -0.2) is 0 Å². The number of guanidine groups is 1. The molecule has 1 aliphatic carbocycles. The molecule has 1 saturated carbocycles. The standard InChI is InChI=1S/C17H33N3O2/c1-3-6-15-11-16(15)20-17(18-4-2)19-8-5-9-21-12-14-7-10-22-13-14/h14-16H,3-13H2,1-2H3,(H2,18,19,20). The van der Waals surface area contributed by atoms with Crippen molar-refractivity contribution in [2.45, 2.75) is 52.0 Å². The van der Waals surface area contributed by atoms with Crippen LogP contribution in [0.15, 0.2) is 4.99 Å². The van der Waals surface area contributed by atoms with Gasteiger partial charge in [0.15, 0.2) is 5.96 Å². The van der Waals surface area contributed by atoms with E-state index in [-0.39, 0.29) is 0 Å². The fourth-order valence-electron chi connectivity index (χ4n) is 2.93. The molecule has 0 bridgehead atoms. The third kappa shape index (κ3) is 6.53. The first-order valence-corrected chi connectivity index (χ1v) is 9.03. The van der Waals surface area contributed by atoms with Crippen LogP contribution in [0.25, 0.3) is 0 Å². The maximum absolute atomic E-state index is 5.71. The highest BCUT2D eigenvalue weighted by molar-refractivity contribution is 5.80. The number of hydrogen-bond acceptors (Lipinski definition) is 3. The predicted molar refractivity (Wildman–Crippen MR) is 90.3 cm³/mol. The van der Waals surface area contributed by atoms with E-state index in [0.29, 0.717) is 12.0 Å². The summed E-state index contributed by atoms with van der Waals surface area (Å²) in [6.45, 7) is 9.50. The molecule has 0 radical (unpaired) electrons. The molecule has 0 spiro atoms. The summed E-state index contributed by atoms with van der Waals surface area (Å²) in [7, 11) is 0. The van der Waals surface area contributed by atoms with Crippen molar-refractivity contribution in [1.82, 2.24) is 10.6 Å². The van der Waals surface area contributed by atoms with Crippen molar-refractivity contribution in [2.75, 3.05) is 39.5 Å². The van der Waals surface area contributed by atoms with E-state index in [2.05, 4.69) is 29.5 Å². The Morgan fingerprint density at radius 3 is 3.00 bits per heavy atom. The molecule has 1 heterocycles. The number of aliphatic imine (C=N–C) groups is 1. The Balaban J connectivity index is 1.54. The molecule has 128 valence electrons. The second-order valence-electron chi connectivity index (χ2n) is 6.45. The van der Waals surface area contributed by atoms with Crippen LogP contribution in [0.4, 0.5) is 0 Å². The summed E-state index contributed by atoms with van der Waals surface area (Å²) in [5.74, 6) is 2.42. The zero-order chi connectivity index (χ0) is 15.6. The Kier molecular flexibility index (Phi) is 8.02. The Morgan fingerprint density at radius 1 is 1.36 bits per heavy atom. The van der Waals surface area contributed by atoms with E-state index in [1.54, 1.807) is 0 Å².